The van der Waals surface area contributed by atoms with Crippen LogP contribution < -0.4 is 0 Å². The number of para-hydroxylation sites is 1. The molecule has 0 bridgehead atoms. The number of aromatic nitrogens is 4. The summed E-state index contributed by atoms with van der Waals surface area (Å²) in [6, 6.07) is 45.3. The topological polar surface area (TPSA) is 64.7 Å². The van der Waals surface area contributed by atoms with E-state index in [4.69, 9.17) is 19.4 Å². The minimum Gasteiger partial charge on any atom is -0.453 e. The maximum Gasteiger partial charge on any atom is 0.199 e. The molecular formula is C38H24N4O. The molecule has 8 aromatic rings. The van der Waals surface area contributed by atoms with Crippen LogP contribution >= 0.6 is 0 Å². The van der Waals surface area contributed by atoms with Crippen molar-refractivity contribution in [2.24, 2.45) is 0 Å². The van der Waals surface area contributed by atoms with Crippen molar-refractivity contribution < 1.29 is 4.42 Å². The van der Waals surface area contributed by atoms with Crippen molar-refractivity contribution in [2.45, 2.75) is 0 Å². The van der Waals surface area contributed by atoms with E-state index in [0.29, 0.717) is 23.2 Å². The van der Waals surface area contributed by atoms with Gasteiger partial charge in [-0.25, -0.2) is 15.0 Å². The first-order valence-corrected chi connectivity index (χ1v) is 14.1. The standard InChI is InChI=1S/C38H24N4O/c1-3-11-32-26(7-1)9-5-12-33(32)27-16-20-29(21-17-27)37-40-36(28-18-14-25(15-19-28)31-10-6-22-39-24-31)41-38(42-37)35-23-30-8-2-4-13-34(30)43-35/h1-24H. The summed E-state index contributed by atoms with van der Waals surface area (Å²) in [7, 11) is 0. The maximum absolute atomic E-state index is 6.17. The molecule has 0 aliphatic rings. The Morgan fingerprint density at radius 3 is 1.79 bits per heavy atom. The van der Waals surface area contributed by atoms with Crippen molar-refractivity contribution in [3.8, 4) is 56.6 Å². The normalized spacial score (nSPS) is 11.3. The van der Waals surface area contributed by atoms with Crippen LogP contribution in [0, 0.1) is 0 Å². The summed E-state index contributed by atoms with van der Waals surface area (Å²) < 4.78 is 6.17. The second-order valence-electron chi connectivity index (χ2n) is 10.4. The lowest BCUT2D eigenvalue weighted by Crippen LogP contribution is -1.99. The molecule has 0 fully saturated rings. The Bertz CT molecular complexity index is 2180. The number of furan rings is 1. The molecule has 43 heavy (non-hydrogen) atoms. The first kappa shape index (κ1) is 24.8. The van der Waals surface area contributed by atoms with E-state index in [-0.39, 0.29) is 0 Å². The van der Waals surface area contributed by atoms with Crippen molar-refractivity contribution in [2.75, 3.05) is 0 Å². The van der Waals surface area contributed by atoms with Gasteiger partial charge in [0.15, 0.2) is 23.2 Å². The summed E-state index contributed by atoms with van der Waals surface area (Å²) in [5, 5.41) is 3.44. The zero-order valence-corrected chi connectivity index (χ0v) is 23.1. The molecule has 0 saturated heterocycles. The summed E-state index contributed by atoms with van der Waals surface area (Å²) in [5.41, 5.74) is 7.04. The molecule has 0 radical (unpaired) electrons. The molecule has 5 heteroatoms. The van der Waals surface area contributed by atoms with Gasteiger partial charge in [-0.15, -0.1) is 0 Å². The molecule has 0 unspecified atom stereocenters. The van der Waals surface area contributed by atoms with Gasteiger partial charge in [-0.05, 0) is 51.2 Å². The molecule has 0 saturated carbocycles. The first-order chi connectivity index (χ1) is 21.3. The van der Waals surface area contributed by atoms with Gasteiger partial charge in [-0.2, -0.15) is 0 Å². The third-order valence-corrected chi connectivity index (χ3v) is 7.66. The molecule has 202 valence electrons. The van der Waals surface area contributed by atoms with Crippen LogP contribution in [0.4, 0.5) is 0 Å². The van der Waals surface area contributed by atoms with Crippen LogP contribution in [0.5, 0.6) is 0 Å². The average molecular weight is 553 g/mol. The van der Waals surface area contributed by atoms with E-state index in [1.165, 1.54) is 16.3 Å². The Labute approximate surface area is 248 Å². The quantitative estimate of drug-likeness (QED) is 0.213. The van der Waals surface area contributed by atoms with E-state index in [2.05, 4.69) is 83.8 Å². The Kier molecular flexibility index (Phi) is 6.05. The van der Waals surface area contributed by atoms with Crippen molar-refractivity contribution in [1.29, 1.82) is 0 Å². The third-order valence-electron chi connectivity index (χ3n) is 7.66. The third kappa shape index (κ3) is 4.73. The second-order valence-corrected chi connectivity index (χ2v) is 10.4. The molecular weight excluding hydrogens is 528 g/mol. The van der Waals surface area contributed by atoms with E-state index < -0.39 is 0 Å². The number of hydrogen-bond donors (Lipinski definition) is 0. The molecule has 5 aromatic carbocycles. The summed E-state index contributed by atoms with van der Waals surface area (Å²) >= 11 is 0. The number of pyridine rings is 1. The minimum atomic E-state index is 0.491. The molecule has 3 heterocycles. The van der Waals surface area contributed by atoms with E-state index in [9.17, 15) is 0 Å². The Morgan fingerprint density at radius 2 is 1.07 bits per heavy atom. The Morgan fingerprint density at radius 1 is 0.442 bits per heavy atom. The monoisotopic (exact) mass is 552 g/mol. The van der Waals surface area contributed by atoms with Gasteiger partial charge in [0.25, 0.3) is 0 Å². The van der Waals surface area contributed by atoms with Crippen LogP contribution in [-0.4, -0.2) is 19.9 Å². The molecule has 0 spiro atoms. The lowest BCUT2D eigenvalue weighted by molar-refractivity contribution is 0.625. The highest BCUT2D eigenvalue weighted by atomic mass is 16.3. The minimum absolute atomic E-state index is 0.491. The summed E-state index contributed by atoms with van der Waals surface area (Å²) in [6.07, 6.45) is 3.63. The molecule has 5 nitrogen and oxygen atoms in total. The highest BCUT2D eigenvalue weighted by molar-refractivity contribution is 5.96. The number of hydrogen-bond acceptors (Lipinski definition) is 5. The largest absolute Gasteiger partial charge is 0.453 e. The molecule has 0 aliphatic carbocycles. The zero-order chi connectivity index (χ0) is 28.6. The van der Waals surface area contributed by atoms with Crippen LogP contribution in [0.3, 0.4) is 0 Å². The lowest BCUT2D eigenvalue weighted by atomic mass is 9.97. The molecule has 0 aliphatic heterocycles. The van der Waals surface area contributed by atoms with Gasteiger partial charge in [0.05, 0.1) is 0 Å². The number of nitrogens with zero attached hydrogens (tertiary/aromatic N) is 4. The van der Waals surface area contributed by atoms with E-state index in [0.717, 1.165) is 38.8 Å². The SMILES string of the molecule is c1cncc(-c2ccc(-c3nc(-c4ccc(-c5cccc6ccccc56)cc4)nc(-c4cc5ccccc5o4)n3)cc2)c1. The van der Waals surface area contributed by atoms with Crippen LogP contribution in [0.2, 0.25) is 0 Å². The maximum atomic E-state index is 6.17. The Hall–Kier alpha value is -5.94. The summed E-state index contributed by atoms with van der Waals surface area (Å²) in [4.78, 5) is 18.9. The fourth-order valence-corrected chi connectivity index (χ4v) is 5.46. The van der Waals surface area contributed by atoms with E-state index in [1.807, 2.05) is 60.8 Å². The smallest absolute Gasteiger partial charge is 0.199 e. The average Bonchev–Trinajstić information content (AvgIpc) is 3.53. The predicted molar refractivity (Wildman–Crippen MR) is 172 cm³/mol. The van der Waals surface area contributed by atoms with Crippen molar-refractivity contribution in [1.82, 2.24) is 19.9 Å². The van der Waals surface area contributed by atoms with Gasteiger partial charge in [0.1, 0.15) is 5.58 Å². The molecule has 0 N–H and O–H groups in total. The highest BCUT2D eigenvalue weighted by Crippen LogP contribution is 2.32. The van der Waals surface area contributed by atoms with Gasteiger partial charge >= 0.3 is 0 Å². The van der Waals surface area contributed by atoms with Crippen molar-refractivity contribution in [3.63, 3.8) is 0 Å². The van der Waals surface area contributed by atoms with Gasteiger partial charge in [0, 0.05) is 28.9 Å². The Balaban J connectivity index is 1.22. The van der Waals surface area contributed by atoms with Crippen molar-refractivity contribution in [3.05, 3.63) is 146 Å². The van der Waals surface area contributed by atoms with E-state index in [1.54, 1.807) is 6.20 Å². The van der Waals surface area contributed by atoms with Gasteiger partial charge in [0.2, 0.25) is 0 Å². The van der Waals surface area contributed by atoms with Crippen molar-refractivity contribution >= 4 is 21.7 Å². The molecule has 3 aromatic heterocycles. The fourth-order valence-electron chi connectivity index (χ4n) is 5.46. The second kappa shape index (κ2) is 10.5. The highest BCUT2D eigenvalue weighted by Gasteiger charge is 2.16. The van der Waals surface area contributed by atoms with Crippen LogP contribution in [-0.2, 0) is 0 Å². The zero-order valence-electron chi connectivity index (χ0n) is 23.1. The van der Waals surface area contributed by atoms with Gasteiger partial charge < -0.3 is 4.42 Å². The van der Waals surface area contributed by atoms with Gasteiger partial charge in [-0.3, -0.25) is 4.98 Å². The lowest BCUT2D eigenvalue weighted by Gasteiger charge is -2.10. The number of rotatable bonds is 5. The van der Waals surface area contributed by atoms with E-state index >= 15 is 0 Å². The molecule has 0 atom stereocenters. The fraction of sp³-hybridized carbons (Fsp3) is 0. The predicted octanol–water partition coefficient (Wildman–Crippen LogP) is 9.50. The number of benzene rings is 5. The van der Waals surface area contributed by atoms with Gasteiger partial charge in [-0.1, -0.05) is 115 Å². The van der Waals surface area contributed by atoms with Crippen LogP contribution in [0.15, 0.2) is 150 Å². The number of fused-ring (bicyclic) bond motifs is 2. The molecule has 8 rings (SSSR count). The van der Waals surface area contributed by atoms with Crippen LogP contribution in [0.25, 0.3) is 78.4 Å². The summed E-state index contributed by atoms with van der Waals surface area (Å²) in [6.45, 7) is 0. The first-order valence-electron chi connectivity index (χ1n) is 14.1. The van der Waals surface area contributed by atoms with Crippen LogP contribution in [0.1, 0.15) is 0 Å². The molecule has 0 amide bonds. The summed E-state index contributed by atoms with van der Waals surface area (Å²) in [5.74, 6) is 2.26.